The van der Waals surface area contributed by atoms with Crippen LogP contribution in [0, 0.1) is 0 Å². The molecule has 1 aromatic heterocycles. The van der Waals surface area contributed by atoms with E-state index in [1.54, 1.807) is 12.4 Å². The number of nitrogens with zero attached hydrogens (tertiary/aromatic N) is 1. The maximum Gasteiger partial charge on any atom is 0.134 e. The summed E-state index contributed by atoms with van der Waals surface area (Å²) >= 11 is 3.39. The fourth-order valence-corrected chi connectivity index (χ4v) is 1.70. The summed E-state index contributed by atoms with van der Waals surface area (Å²) in [4.78, 5) is 4.01. The minimum Gasteiger partial charge on any atom is -0.457 e. The monoisotopic (exact) mass is 278 g/mol. The smallest absolute Gasteiger partial charge is 0.134 e. The highest BCUT2D eigenvalue weighted by Gasteiger charge is 2.03. The number of nitrogens with two attached hydrogens (primary N) is 1. The van der Waals surface area contributed by atoms with E-state index in [-0.39, 0.29) is 0 Å². The summed E-state index contributed by atoms with van der Waals surface area (Å²) in [7, 11) is 0. The number of aromatic nitrogens is 1. The van der Waals surface area contributed by atoms with Crippen LogP contribution in [-0.4, -0.2) is 4.98 Å². The van der Waals surface area contributed by atoms with E-state index < -0.39 is 0 Å². The normalized spacial score (nSPS) is 10.1. The van der Waals surface area contributed by atoms with Gasteiger partial charge in [0.2, 0.25) is 0 Å². The van der Waals surface area contributed by atoms with E-state index in [0.29, 0.717) is 6.54 Å². The van der Waals surface area contributed by atoms with Crippen molar-refractivity contribution in [2.45, 2.75) is 6.54 Å². The summed E-state index contributed by atoms with van der Waals surface area (Å²) in [6.07, 6.45) is 3.40. The molecule has 0 radical (unpaired) electrons. The van der Waals surface area contributed by atoms with Crippen LogP contribution in [0.3, 0.4) is 0 Å². The number of ether oxygens (including phenoxy) is 1. The molecule has 2 rings (SSSR count). The molecule has 0 aliphatic carbocycles. The Morgan fingerprint density at radius 2 is 2.19 bits per heavy atom. The van der Waals surface area contributed by atoms with Crippen LogP contribution >= 0.6 is 15.9 Å². The molecule has 1 aromatic carbocycles. The zero-order chi connectivity index (χ0) is 11.4. The fraction of sp³-hybridized carbons (Fsp3) is 0.0833. The summed E-state index contributed by atoms with van der Waals surface area (Å²) in [5.74, 6) is 1.52. The lowest BCUT2D eigenvalue weighted by atomic mass is 10.2. The second-order valence-corrected chi connectivity index (χ2v) is 4.16. The van der Waals surface area contributed by atoms with Crippen molar-refractivity contribution in [3.63, 3.8) is 0 Å². The molecule has 3 nitrogen and oxygen atoms in total. The van der Waals surface area contributed by atoms with E-state index >= 15 is 0 Å². The van der Waals surface area contributed by atoms with E-state index in [1.165, 1.54) is 0 Å². The highest BCUT2D eigenvalue weighted by atomic mass is 79.9. The Balaban J connectivity index is 2.26. The molecule has 0 saturated heterocycles. The van der Waals surface area contributed by atoms with E-state index in [1.807, 2.05) is 30.3 Å². The van der Waals surface area contributed by atoms with Gasteiger partial charge in [0.05, 0.1) is 0 Å². The quantitative estimate of drug-likeness (QED) is 0.939. The molecular formula is C12H11BrN2O. The third-order valence-corrected chi connectivity index (χ3v) is 2.60. The molecule has 2 N–H and O–H groups in total. The second kappa shape index (κ2) is 5.09. The summed E-state index contributed by atoms with van der Waals surface area (Å²) in [5, 5.41) is 0. The SMILES string of the molecule is NCc1cnccc1Oc1cccc(Br)c1. The van der Waals surface area contributed by atoms with Crippen LogP contribution in [0.15, 0.2) is 47.2 Å². The molecule has 82 valence electrons. The number of pyridine rings is 1. The van der Waals surface area contributed by atoms with E-state index in [9.17, 15) is 0 Å². The van der Waals surface area contributed by atoms with Crippen molar-refractivity contribution in [2.75, 3.05) is 0 Å². The van der Waals surface area contributed by atoms with Gasteiger partial charge in [0, 0.05) is 29.0 Å². The molecule has 0 aliphatic heterocycles. The Hall–Kier alpha value is -1.39. The number of rotatable bonds is 3. The molecule has 4 heteroatoms. The summed E-state index contributed by atoms with van der Waals surface area (Å²) < 4.78 is 6.71. The van der Waals surface area contributed by atoms with Gasteiger partial charge in [-0.3, -0.25) is 4.98 Å². The minimum atomic E-state index is 0.414. The van der Waals surface area contributed by atoms with Gasteiger partial charge in [-0.2, -0.15) is 0 Å². The maximum atomic E-state index is 5.73. The third kappa shape index (κ3) is 2.59. The molecule has 0 bridgehead atoms. The van der Waals surface area contributed by atoms with Crippen LogP contribution in [0.2, 0.25) is 0 Å². The number of hydrogen-bond acceptors (Lipinski definition) is 3. The van der Waals surface area contributed by atoms with Crippen LogP contribution in [0.25, 0.3) is 0 Å². The number of halogens is 1. The summed E-state index contributed by atoms with van der Waals surface area (Å²) in [6, 6.07) is 9.47. The Morgan fingerprint density at radius 3 is 2.94 bits per heavy atom. The molecule has 16 heavy (non-hydrogen) atoms. The molecule has 0 aliphatic rings. The zero-order valence-electron chi connectivity index (χ0n) is 8.56. The van der Waals surface area contributed by atoms with Gasteiger partial charge in [-0.05, 0) is 24.3 Å². The van der Waals surface area contributed by atoms with E-state index in [4.69, 9.17) is 10.5 Å². The van der Waals surface area contributed by atoms with Gasteiger partial charge in [-0.15, -0.1) is 0 Å². The molecule has 0 unspecified atom stereocenters. The predicted octanol–water partition coefficient (Wildman–Crippen LogP) is 3.10. The number of benzene rings is 1. The first-order chi connectivity index (χ1) is 7.79. The molecule has 2 aromatic rings. The highest BCUT2D eigenvalue weighted by Crippen LogP contribution is 2.26. The first-order valence-corrected chi connectivity index (χ1v) is 5.65. The molecule has 1 heterocycles. The van der Waals surface area contributed by atoms with Crippen LogP contribution in [-0.2, 0) is 6.54 Å². The first-order valence-electron chi connectivity index (χ1n) is 4.86. The van der Waals surface area contributed by atoms with Crippen molar-refractivity contribution in [1.29, 1.82) is 0 Å². The largest absolute Gasteiger partial charge is 0.457 e. The van der Waals surface area contributed by atoms with Crippen molar-refractivity contribution in [3.8, 4) is 11.5 Å². The van der Waals surface area contributed by atoms with Crippen LogP contribution in [0.5, 0.6) is 11.5 Å². The third-order valence-electron chi connectivity index (χ3n) is 2.10. The average molecular weight is 279 g/mol. The first kappa shape index (κ1) is 11.1. The second-order valence-electron chi connectivity index (χ2n) is 3.25. The van der Waals surface area contributed by atoms with E-state index in [0.717, 1.165) is 21.5 Å². The minimum absolute atomic E-state index is 0.414. The average Bonchev–Trinajstić information content (AvgIpc) is 2.30. The van der Waals surface area contributed by atoms with Gasteiger partial charge >= 0.3 is 0 Å². The lowest BCUT2D eigenvalue weighted by Crippen LogP contribution is -1.99. The van der Waals surface area contributed by atoms with Crippen molar-refractivity contribution >= 4 is 15.9 Å². The Morgan fingerprint density at radius 1 is 1.31 bits per heavy atom. The number of hydrogen-bond donors (Lipinski definition) is 1. The molecule has 0 saturated carbocycles. The molecule has 0 atom stereocenters. The zero-order valence-corrected chi connectivity index (χ0v) is 10.1. The van der Waals surface area contributed by atoms with Gasteiger partial charge in [-0.25, -0.2) is 0 Å². The Kier molecular flexibility index (Phi) is 3.54. The Labute approximate surface area is 102 Å². The molecule has 0 amide bonds. The van der Waals surface area contributed by atoms with Gasteiger partial charge in [0.25, 0.3) is 0 Å². The Bertz CT molecular complexity index is 488. The topological polar surface area (TPSA) is 48.1 Å². The highest BCUT2D eigenvalue weighted by molar-refractivity contribution is 9.10. The lowest BCUT2D eigenvalue weighted by Gasteiger charge is -2.09. The van der Waals surface area contributed by atoms with Crippen LogP contribution < -0.4 is 10.5 Å². The van der Waals surface area contributed by atoms with Crippen molar-refractivity contribution in [3.05, 3.63) is 52.8 Å². The standard InChI is InChI=1S/C12H11BrN2O/c13-10-2-1-3-11(6-10)16-12-4-5-15-8-9(12)7-14/h1-6,8H,7,14H2. The van der Waals surface area contributed by atoms with E-state index in [2.05, 4.69) is 20.9 Å². The molecule has 0 fully saturated rings. The molecular weight excluding hydrogens is 268 g/mol. The van der Waals surface area contributed by atoms with Gasteiger partial charge in [0.15, 0.2) is 0 Å². The predicted molar refractivity (Wildman–Crippen MR) is 66.3 cm³/mol. The van der Waals surface area contributed by atoms with Gasteiger partial charge in [-0.1, -0.05) is 22.0 Å². The van der Waals surface area contributed by atoms with Crippen molar-refractivity contribution in [2.24, 2.45) is 5.73 Å². The van der Waals surface area contributed by atoms with Gasteiger partial charge in [0.1, 0.15) is 11.5 Å². The summed E-state index contributed by atoms with van der Waals surface area (Å²) in [6.45, 7) is 0.414. The van der Waals surface area contributed by atoms with Gasteiger partial charge < -0.3 is 10.5 Å². The fourth-order valence-electron chi connectivity index (χ4n) is 1.32. The lowest BCUT2D eigenvalue weighted by molar-refractivity contribution is 0.475. The van der Waals surface area contributed by atoms with Crippen molar-refractivity contribution < 1.29 is 4.74 Å². The van der Waals surface area contributed by atoms with Crippen LogP contribution in [0.4, 0.5) is 0 Å². The maximum absolute atomic E-state index is 5.73. The summed E-state index contributed by atoms with van der Waals surface area (Å²) in [5.41, 5.74) is 6.50. The molecule has 0 spiro atoms. The van der Waals surface area contributed by atoms with Crippen molar-refractivity contribution in [1.82, 2.24) is 4.98 Å². The van der Waals surface area contributed by atoms with Crippen LogP contribution in [0.1, 0.15) is 5.56 Å².